The standard InChI is InChI=1S/C17H19Cl2NO/c1-12(16-10-14(18)7-8-17(16)19)20-15(11-21)9-13-5-3-2-4-6-13/h2-8,10,12,15,20-21H,9,11H2,1H3. The molecule has 2 N–H and O–H groups in total. The van der Waals surface area contributed by atoms with Crippen LogP contribution < -0.4 is 5.32 Å². The Bertz CT molecular complexity index is 574. The first-order chi connectivity index (χ1) is 10.1. The summed E-state index contributed by atoms with van der Waals surface area (Å²) in [6.45, 7) is 2.09. The fourth-order valence-electron chi connectivity index (χ4n) is 2.36. The third-order valence-electron chi connectivity index (χ3n) is 3.46. The van der Waals surface area contributed by atoms with Crippen molar-refractivity contribution in [3.63, 3.8) is 0 Å². The number of aliphatic hydroxyl groups is 1. The molecule has 0 fully saturated rings. The highest BCUT2D eigenvalue weighted by atomic mass is 35.5. The molecule has 0 amide bonds. The van der Waals surface area contributed by atoms with Crippen molar-refractivity contribution in [3.8, 4) is 0 Å². The van der Waals surface area contributed by atoms with Gasteiger partial charge in [-0.2, -0.15) is 0 Å². The summed E-state index contributed by atoms with van der Waals surface area (Å²) in [7, 11) is 0. The maximum Gasteiger partial charge on any atom is 0.0588 e. The predicted molar refractivity (Wildman–Crippen MR) is 89.0 cm³/mol. The van der Waals surface area contributed by atoms with Gasteiger partial charge in [0.1, 0.15) is 0 Å². The second-order valence-corrected chi connectivity index (χ2v) is 5.97. The first kappa shape index (κ1) is 16.3. The average molecular weight is 324 g/mol. The van der Waals surface area contributed by atoms with Gasteiger partial charge in [0.25, 0.3) is 0 Å². The zero-order valence-electron chi connectivity index (χ0n) is 11.9. The van der Waals surface area contributed by atoms with Gasteiger partial charge in [0, 0.05) is 22.1 Å². The Morgan fingerprint density at radius 1 is 1.10 bits per heavy atom. The lowest BCUT2D eigenvalue weighted by Gasteiger charge is -2.23. The van der Waals surface area contributed by atoms with Crippen LogP contribution in [0.4, 0.5) is 0 Å². The molecule has 0 bridgehead atoms. The Morgan fingerprint density at radius 3 is 2.48 bits per heavy atom. The molecule has 2 aromatic rings. The van der Waals surface area contributed by atoms with E-state index in [1.54, 1.807) is 12.1 Å². The smallest absolute Gasteiger partial charge is 0.0588 e. The number of nitrogens with one attached hydrogen (secondary N) is 1. The average Bonchev–Trinajstić information content (AvgIpc) is 2.50. The maximum absolute atomic E-state index is 9.59. The van der Waals surface area contributed by atoms with Gasteiger partial charge in [-0.1, -0.05) is 53.5 Å². The van der Waals surface area contributed by atoms with Crippen molar-refractivity contribution in [1.29, 1.82) is 0 Å². The fourth-order valence-corrected chi connectivity index (χ4v) is 2.83. The van der Waals surface area contributed by atoms with E-state index in [9.17, 15) is 5.11 Å². The van der Waals surface area contributed by atoms with Gasteiger partial charge >= 0.3 is 0 Å². The van der Waals surface area contributed by atoms with Crippen molar-refractivity contribution in [1.82, 2.24) is 5.32 Å². The number of aliphatic hydroxyl groups excluding tert-OH is 1. The van der Waals surface area contributed by atoms with Crippen molar-refractivity contribution in [2.24, 2.45) is 0 Å². The molecular weight excluding hydrogens is 305 g/mol. The monoisotopic (exact) mass is 323 g/mol. The molecule has 0 aromatic heterocycles. The lowest BCUT2D eigenvalue weighted by molar-refractivity contribution is 0.232. The van der Waals surface area contributed by atoms with Gasteiger partial charge in [-0.25, -0.2) is 0 Å². The van der Waals surface area contributed by atoms with E-state index in [0.29, 0.717) is 10.0 Å². The lowest BCUT2D eigenvalue weighted by atomic mass is 10.0. The van der Waals surface area contributed by atoms with Gasteiger partial charge in [-0.3, -0.25) is 0 Å². The third-order valence-corrected chi connectivity index (χ3v) is 4.03. The van der Waals surface area contributed by atoms with E-state index in [-0.39, 0.29) is 18.7 Å². The van der Waals surface area contributed by atoms with Crippen molar-refractivity contribution in [2.75, 3.05) is 6.61 Å². The van der Waals surface area contributed by atoms with Crippen LogP contribution in [0.3, 0.4) is 0 Å². The van der Waals surface area contributed by atoms with Crippen LogP contribution in [0.25, 0.3) is 0 Å². The van der Waals surface area contributed by atoms with Crippen LogP contribution in [-0.4, -0.2) is 17.8 Å². The molecule has 2 aromatic carbocycles. The molecule has 2 nitrogen and oxygen atoms in total. The summed E-state index contributed by atoms with van der Waals surface area (Å²) in [5, 5.41) is 14.3. The second-order valence-electron chi connectivity index (χ2n) is 5.12. The van der Waals surface area contributed by atoms with E-state index in [1.165, 1.54) is 5.56 Å². The minimum absolute atomic E-state index is 0.0112. The zero-order chi connectivity index (χ0) is 15.2. The molecule has 21 heavy (non-hydrogen) atoms. The number of rotatable bonds is 6. The largest absolute Gasteiger partial charge is 0.395 e. The van der Waals surface area contributed by atoms with Gasteiger partial charge in [0.05, 0.1) is 6.61 Å². The highest BCUT2D eigenvalue weighted by Gasteiger charge is 2.15. The molecule has 0 radical (unpaired) electrons. The Kier molecular flexibility index (Phi) is 6.07. The normalized spacial score (nSPS) is 13.9. The molecule has 0 aliphatic rings. The van der Waals surface area contributed by atoms with Gasteiger partial charge in [0.2, 0.25) is 0 Å². The Balaban J connectivity index is 2.05. The highest BCUT2D eigenvalue weighted by Crippen LogP contribution is 2.26. The van der Waals surface area contributed by atoms with E-state index in [1.807, 2.05) is 31.2 Å². The van der Waals surface area contributed by atoms with Crippen LogP contribution in [0.5, 0.6) is 0 Å². The van der Waals surface area contributed by atoms with Gasteiger partial charge < -0.3 is 10.4 Å². The minimum Gasteiger partial charge on any atom is -0.395 e. The number of hydrogen-bond acceptors (Lipinski definition) is 2. The van der Waals surface area contributed by atoms with Crippen molar-refractivity contribution >= 4 is 23.2 Å². The van der Waals surface area contributed by atoms with E-state index in [2.05, 4.69) is 17.4 Å². The van der Waals surface area contributed by atoms with E-state index >= 15 is 0 Å². The number of benzene rings is 2. The summed E-state index contributed by atoms with van der Waals surface area (Å²) in [6.07, 6.45) is 0.764. The topological polar surface area (TPSA) is 32.3 Å². The van der Waals surface area contributed by atoms with Crippen LogP contribution in [-0.2, 0) is 6.42 Å². The minimum atomic E-state index is -0.0301. The molecule has 2 unspecified atom stereocenters. The first-order valence-corrected chi connectivity index (χ1v) is 7.71. The molecule has 4 heteroatoms. The molecule has 0 aliphatic carbocycles. The summed E-state index contributed by atoms with van der Waals surface area (Å²) in [5.74, 6) is 0. The summed E-state index contributed by atoms with van der Waals surface area (Å²) in [6, 6.07) is 15.5. The zero-order valence-corrected chi connectivity index (χ0v) is 13.4. The van der Waals surface area contributed by atoms with Crippen LogP contribution in [0.15, 0.2) is 48.5 Å². The Labute approximate surface area is 135 Å². The van der Waals surface area contributed by atoms with Gasteiger partial charge in [-0.05, 0) is 42.7 Å². The van der Waals surface area contributed by atoms with Crippen molar-refractivity contribution in [2.45, 2.75) is 25.4 Å². The molecule has 0 saturated carbocycles. The highest BCUT2D eigenvalue weighted by molar-refractivity contribution is 6.33. The number of hydrogen-bond donors (Lipinski definition) is 2. The van der Waals surface area contributed by atoms with E-state index < -0.39 is 0 Å². The molecule has 2 rings (SSSR count). The second kappa shape index (κ2) is 7.81. The molecule has 0 spiro atoms. The molecule has 2 atom stereocenters. The molecule has 0 heterocycles. The van der Waals surface area contributed by atoms with Gasteiger partial charge in [-0.15, -0.1) is 0 Å². The van der Waals surface area contributed by atoms with Gasteiger partial charge in [0.15, 0.2) is 0 Å². The third kappa shape index (κ3) is 4.72. The Morgan fingerprint density at radius 2 is 1.81 bits per heavy atom. The molecular formula is C17H19Cl2NO. The van der Waals surface area contributed by atoms with Crippen molar-refractivity contribution in [3.05, 3.63) is 69.7 Å². The van der Waals surface area contributed by atoms with Crippen LogP contribution in [0.1, 0.15) is 24.1 Å². The van der Waals surface area contributed by atoms with Crippen LogP contribution >= 0.6 is 23.2 Å². The summed E-state index contributed by atoms with van der Waals surface area (Å²) in [5.41, 5.74) is 2.13. The SMILES string of the molecule is CC(NC(CO)Cc1ccccc1)c1cc(Cl)ccc1Cl. The first-order valence-electron chi connectivity index (χ1n) is 6.96. The predicted octanol–water partition coefficient (Wildman–Crippen LogP) is 4.25. The quantitative estimate of drug-likeness (QED) is 0.833. The number of halogens is 2. The molecule has 0 aliphatic heterocycles. The summed E-state index contributed by atoms with van der Waals surface area (Å²) < 4.78 is 0. The molecule has 112 valence electrons. The van der Waals surface area contributed by atoms with Crippen LogP contribution in [0.2, 0.25) is 10.0 Å². The summed E-state index contributed by atoms with van der Waals surface area (Å²) >= 11 is 12.2. The molecule has 0 saturated heterocycles. The fraction of sp³-hybridized carbons (Fsp3) is 0.294. The van der Waals surface area contributed by atoms with E-state index in [4.69, 9.17) is 23.2 Å². The van der Waals surface area contributed by atoms with Crippen LogP contribution in [0, 0.1) is 0 Å². The van der Waals surface area contributed by atoms with Crippen molar-refractivity contribution < 1.29 is 5.11 Å². The van der Waals surface area contributed by atoms with E-state index in [0.717, 1.165) is 12.0 Å². The maximum atomic E-state index is 9.59. The summed E-state index contributed by atoms with van der Waals surface area (Å²) in [4.78, 5) is 0. The lowest BCUT2D eigenvalue weighted by Crippen LogP contribution is -2.36. The Hall–Kier alpha value is -1.06.